The van der Waals surface area contributed by atoms with Crippen LogP contribution in [0.4, 0.5) is 0 Å². The Bertz CT molecular complexity index is 2510. The number of nitrogens with zero attached hydrogens (tertiary/aromatic N) is 3. The number of benzene rings is 4. The van der Waals surface area contributed by atoms with Crippen LogP contribution >= 0.6 is 96.6 Å². The number of esters is 1. The Kier molecular flexibility index (Phi) is 12.5. The predicted molar refractivity (Wildman–Crippen MR) is 220 cm³/mol. The highest BCUT2D eigenvalue weighted by molar-refractivity contribution is 9.10. The van der Waals surface area contributed by atoms with Gasteiger partial charge in [0.15, 0.2) is 0 Å². The Morgan fingerprint density at radius 2 is 1.17 bits per heavy atom. The number of hydrogen-bond donors (Lipinski definition) is 1. The van der Waals surface area contributed by atoms with Crippen LogP contribution in [0.15, 0.2) is 106 Å². The number of halogens is 6. The Morgan fingerprint density at radius 1 is 0.642 bits per heavy atom. The van der Waals surface area contributed by atoms with Gasteiger partial charge in [-0.25, -0.2) is 19.6 Å². The number of rotatable bonds is 7. The average molecular weight is 905 g/mol. The minimum atomic E-state index is -1.04. The Labute approximate surface area is 344 Å². The van der Waals surface area contributed by atoms with E-state index in [1.165, 1.54) is 36.0 Å². The van der Waals surface area contributed by atoms with Crippen molar-refractivity contribution < 1.29 is 19.4 Å². The molecular weight excluding hydrogens is 884 g/mol. The summed E-state index contributed by atoms with van der Waals surface area (Å²) in [7, 11) is 1.35. The number of hydrogen-bond acceptors (Lipinski definition) is 8. The summed E-state index contributed by atoms with van der Waals surface area (Å²) in [5.74, 6) is -1.44. The van der Waals surface area contributed by atoms with Crippen molar-refractivity contribution in [1.82, 2.24) is 15.0 Å². The van der Waals surface area contributed by atoms with Crippen molar-refractivity contribution in [3.8, 4) is 54.8 Å². The molecule has 1 N–H and O–H groups in total. The Balaban J connectivity index is 0.000000185. The minimum Gasteiger partial charge on any atom is -0.478 e. The van der Waals surface area contributed by atoms with Gasteiger partial charge in [0.2, 0.25) is 0 Å². The SMILES string of the molecule is COC(=O)c1cc(-c2nc(-c3ccc(Cl)c(Cl)c3)cs2)ccc1Br.O=C(O)c1cc(-c2nc(-c3ccc(Cl)c(Cl)c3)cs2)ccc1-c1cncc(Cl)c1. The first-order chi connectivity index (χ1) is 25.4. The lowest BCUT2D eigenvalue weighted by Gasteiger charge is -2.08. The van der Waals surface area contributed by atoms with Gasteiger partial charge in [-0.1, -0.05) is 88.3 Å². The molecule has 53 heavy (non-hydrogen) atoms. The van der Waals surface area contributed by atoms with Crippen molar-refractivity contribution in [2.75, 3.05) is 7.11 Å². The molecule has 0 fully saturated rings. The van der Waals surface area contributed by atoms with Crippen LogP contribution in [-0.4, -0.2) is 39.1 Å². The zero-order chi connectivity index (χ0) is 37.8. The van der Waals surface area contributed by atoms with Gasteiger partial charge in [-0.3, -0.25) is 4.98 Å². The number of ether oxygens (including phenoxy) is 1. The molecule has 7 nitrogen and oxygen atoms in total. The second-order valence-electron chi connectivity index (χ2n) is 11.0. The van der Waals surface area contributed by atoms with Crippen molar-refractivity contribution >= 4 is 109 Å². The molecule has 0 spiro atoms. The average Bonchev–Trinajstić information content (AvgIpc) is 3.85. The third kappa shape index (κ3) is 9.11. The summed E-state index contributed by atoms with van der Waals surface area (Å²) in [6.07, 6.45) is 3.08. The highest BCUT2D eigenvalue weighted by atomic mass is 79.9. The maximum atomic E-state index is 11.9. The van der Waals surface area contributed by atoms with Crippen LogP contribution in [0.2, 0.25) is 25.1 Å². The smallest absolute Gasteiger partial charge is 0.339 e. The van der Waals surface area contributed by atoms with Gasteiger partial charge in [-0.15, -0.1) is 22.7 Å². The molecule has 0 radical (unpaired) electrons. The van der Waals surface area contributed by atoms with Crippen LogP contribution in [0.3, 0.4) is 0 Å². The maximum absolute atomic E-state index is 11.9. The van der Waals surface area contributed by atoms with Gasteiger partial charge in [-0.05, 0) is 70.0 Å². The van der Waals surface area contributed by atoms with E-state index in [4.69, 9.17) is 62.7 Å². The van der Waals surface area contributed by atoms with E-state index in [9.17, 15) is 14.7 Å². The molecule has 7 rings (SSSR count). The lowest BCUT2D eigenvalue weighted by atomic mass is 9.99. The summed E-state index contributed by atoms with van der Waals surface area (Å²) in [6, 6.07) is 23.0. The zero-order valence-corrected chi connectivity index (χ0v) is 33.9. The standard InChI is InChI=1S/C21H11Cl3N2O2S.C17H10BrCl2NO2S/c22-14-5-13(8-25-9-14)15-3-1-12(6-16(15)21(27)28)20-26-19(10-29-20)11-2-4-17(23)18(24)7-11;1-23-17(22)11-6-10(2-4-12(11)18)16-21-15(8-24-16)9-3-5-13(19)14(20)7-9/h1-10H,(H,27,28);2-8H,1H3. The fraction of sp³-hybridized carbons (Fsp3) is 0.0263. The number of thiazole rings is 2. The molecule has 0 saturated heterocycles. The van der Waals surface area contributed by atoms with E-state index < -0.39 is 11.9 Å². The summed E-state index contributed by atoms with van der Waals surface area (Å²) >= 11 is 36.3. The Hall–Kier alpha value is -3.84. The van der Waals surface area contributed by atoms with Crippen LogP contribution in [-0.2, 0) is 4.74 Å². The zero-order valence-electron chi connectivity index (χ0n) is 26.9. The van der Waals surface area contributed by atoms with Crippen molar-refractivity contribution in [2.45, 2.75) is 0 Å². The highest BCUT2D eigenvalue weighted by Gasteiger charge is 2.17. The summed E-state index contributed by atoms with van der Waals surface area (Å²) in [5, 5.41) is 17.4. The summed E-state index contributed by atoms with van der Waals surface area (Å²) in [5.41, 5.74) is 6.60. The number of carboxylic acids is 1. The summed E-state index contributed by atoms with van der Waals surface area (Å²) in [6.45, 7) is 0. The van der Waals surface area contributed by atoms with Gasteiger partial charge in [0.25, 0.3) is 0 Å². The van der Waals surface area contributed by atoms with Crippen LogP contribution in [0.25, 0.3) is 54.8 Å². The van der Waals surface area contributed by atoms with Crippen LogP contribution < -0.4 is 0 Å². The van der Waals surface area contributed by atoms with E-state index in [0.717, 1.165) is 33.1 Å². The van der Waals surface area contributed by atoms with Crippen molar-refractivity contribution in [3.63, 3.8) is 0 Å². The number of pyridine rings is 1. The largest absolute Gasteiger partial charge is 0.478 e. The maximum Gasteiger partial charge on any atom is 0.339 e. The Morgan fingerprint density at radius 3 is 1.68 bits per heavy atom. The monoisotopic (exact) mass is 901 g/mol. The molecule has 3 aromatic heterocycles. The molecule has 0 amide bonds. The van der Waals surface area contributed by atoms with Crippen LogP contribution in [0.1, 0.15) is 20.7 Å². The number of methoxy groups -OCH3 is 1. The van der Waals surface area contributed by atoms with Gasteiger partial charge in [-0.2, -0.15) is 0 Å². The first-order valence-electron chi connectivity index (χ1n) is 15.1. The molecule has 0 aliphatic carbocycles. The highest BCUT2D eigenvalue weighted by Crippen LogP contribution is 2.36. The third-order valence-corrected chi connectivity index (χ3v) is 11.7. The summed E-state index contributed by atoms with van der Waals surface area (Å²) in [4.78, 5) is 37.0. The molecule has 266 valence electrons. The minimum absolute atomic E-state index is 0.151. The number of carbonyl (C=O) groups is 2. The molecule has 7 aromatic rings. The van der Waals surface area contributed by atoms with E-state index in [0.29, 0.717) is 56.8 Å². The van der Waals surface area contributed by atoms with Gasteiger partial charge >= 0.3 is 11.9 Å². The predicted octanol–water partition coefficient (Wildman–Crippen LogP) is 13.5. The first-order valence-corrected chi connectivity index (χ1v) is 19.5. The topological polar surface area (TPSA) is 102 Å². The van der Waals surface area contributed by atoms with E-state index in [1.807, 2.05) is 41.1 Å². The molecular formula is C38H21BrCl5N3O4S2. The lowest BCUT2D eigenvalue weighted by Crippen LogP contribution is -2.02. The van der Waals surface area contributed by atoms with Gasteiger partial charge < -0.3 is 9.84 Å². The molecule has 4 aromatic carbocycles. The molecule has 0 saturated carbocycles. The molecule has 15 heteroatoms. The fourth-order valence-corrected chi connectivity index (χ4v) is 7.81. The molecule has 0 unspecified atom stereocenters. The van der Waals surface area contributed by atoms with Crippen molar-refractivity contribution in [2.24, 2.45) is 0 Å². The lowest BCUT2D eigenvalue weighted by molar-refractivity contribution is 0.0598. The van der Waals surface area contributed by atoms with E-state index in [-0.39, 0.29) is 5.56 Å². The summed E-state index contributed by atoms with van der Waals surface area (Å²) < 4.78 is 5.47. The molecule has 0 atom stereocenters. The molecule has 0 aliphatic heterocycles. The first kappa shape index (κ1) is 38.9. The van der Waals surface area contributed by atoms with Crippen LogP contribution in [0.5, 0.6) is 0 Å². The van der Waals surface area contributed by atoms with Gasteiger partial charge in [0, 0.05) is 55.4 Å². The normalized spacial score (nSPS) is 10.8. The van der Waals surface area contributed by atoms with Crippen LogP contribution in [0, 0.1) is 0 Å². The number of aromatic carboxylic acids is 1. The van der Waals surface area contributed by atoms with E-state index >= 15 is 0 Å². The fourth-order valence-electron chi connectivity index (χ4n) is 4.98. The van der Waals surface area contributed by atoms with Crippen molar-refractivity contribution in [3.05, 3.63) is 143 Å². The second-order valence-corrected chi connectivity index (χ2v) is 15.6. The van der Waals surface area contributed by atoms with E-state index in [1.54, 1.807) is 54.7 Å². The van der Waals surface area contributed by atoms with Gasteiger partial charge in [0.05, 0.1) is 54.7 Å². The van der Waals surface area contributed by atoms with E-state index in [2.05, 4.69) is 30.9 Å². The van der Waals surface area contributed by atoms with Gasteiger partial charge in [0.1, 0.15) is 10.0 Å². The van der Waals surface area contributed by atoms with Crippen molar-refractivity contribution in [1.29, 1.82) is 0 Å². The second kappa shape index (κ2) is 17.1. The quantitative estimate of drug-likeness (QED) is 0.159. The number of aromatic nitrogens is 3. The number of carbonyl (C=O) groups excluding carboxylic acids is 1. The molecule has 0 bridgehead atoms. The molecule has 3 heterocycles. The third-order valence-electron chi connectivity index (χ3n) is 7.57. The molecule has 0 aliphatic rings. The number of carboxylic acid groups (broad SMARTS) is 1.